The molecule has 0 saturated heterocycles. The van der Waals surface area contributed by atoms with Crippen LogP contribution >= 0.6 is 0 Å². The first-order valence-corrected chi connectivity index (χ1v) is 6.96. The van der Waals surface area contributed by atoms with Crippen LogP contribution in [0.1, 0.15) is 18.9 Å². The molecule has 0 spiro atoms. The first kappa shape index (κ1) is 13.9. The Morgan fingerprint density at radius 2 is 2.05 bits per heavy atom. The minimum Gasteiger partial charge on any atom is -0.497 e. The van der Waals surface area contributed by atoms with Gasteiger partial charge in [0.25, 0.3) is 0 Å². The van der Waals surface area contributed by atoms with Crippen molar-refractivity contribution in [3.63, 3.8) is 0 Å². The van der Waals surface area contributed by atoms with Gasteiger partial charge in [-0.15, -0.1) is 0 Å². The number of ether oxygens (including phenoxy) is 1. The van der Waals surface area contributed by atoms with E-state index in [0.717, 1.165) is 25.3 Å². The first-order valence-electron chi connectivity index (χ1n) is 6.96. The van der Waals surface area contributed by atoms with E-state index in [1.807, 2.05) is 6.07 Å². The fourth-order valence-electron chi connectivity index (χ4n) is 2.52. The van der Waals surface area contributed by atoms with Gasteiger partial charge in [-0.25, -0.2) is 0 Å². The van der Waals surface area contributed by atoms with Crippen molar-refractivity contribution in [3.05, 3.63) is 30.0 Å². The quantitative estimate of drug-likeness (QED) is 0.794. The monoisotopic (exact) mass is 260 g/mol. The lowest BCUT2D eigenvalue weighted by Gasteiger charge is -2.08. The van der Waals surface area contributed by atoms with Crippen LogP contribution in [0, 0.1) is 0 Å². The summed E-state index contributed by atoms with van der Waals surface area (Å²) in [5.41, 5.74) is 2.74. The standard InChI is InChI=1S/C16H24N2O/c1-5-18-12-13(7-6-10-17(2)3)15-11-14(19-4)8-9-16(15)18/h8-9,11-12H,5-7,10H2,1-4H3. The summed E-state index contributed by atoms with van der Waals surface area (Å²) in [5.74, 6) is 0.940. The summed E-state index contributed by atoms with van der Waals surface area (Å²) in [5, 5.41) is 1.33. The molecule has 0 fully saturated rings. The summed E-state index contributed by atoms with van der Waals surface area (Å²) < 4.78 is 7.66. The molecule has 0 amide bonds. The molecule has 0 atom stereocenters. The van der Waals surface area contributed by atoms with Crippen LogP contribution in [0.4, 0.5) is 0 Å². The molecule has 0 radical (unpaired) electrons. The van der Waals surface area contributed by atoms with Crippen LogP contribution in [0.2, 0.25) is 0 Å². The second kappa shape index (κ2) is 6.11. The maximum Gasteiger partial charge on any atom is 0.119 e. The van der Waals surface area contributed by atoms with E-state index in [1.165, 1.54) is 22.9 Å². The normalized spacial score (nSPS) is 11.4. The maximum atomic E-state index is 5.35. The van der Waals surface area contributed by atoms with Crippen molar-refractivity contribution < 1.29 is 4.74 Å². The van der Waals surface area contributed by atoms with Gasteiger partial charge in [-0.1, -0.05) is 0 Å². The smallest absolute Gasteiger partial charge is 0.119 e. The Hall–Kier alpha value is -1.48. The summed E-state index contributed by atoms with van der Waals surface area (Å²) >= 11 is 0. The van der Waals surface area contributed by atoms with Gasteiger partial charge in [0.15, 0.2) is 0 Å². The molecule has 104 valence electrons. The van der Waals surface area contributed by atoms with Crippen LogP contribution < -0.4 is 4.74 Å². The predicted molar refractivity (Wildman–Crippen MR) is 81.0 cm³/mol. The molecule has 3 heteroatoms. The van der Waals surface area contributed by atoms with Crippen LogP contribution in [0.5, 0.6) is 5.75 Å². The van der Waals surface area contributed by atoms with Crippen molar-refractivity contribution >= 4 is 10.9 Å². The molecule has 0 N–H and O–H groups in total. The van der Waals surface area contributed by atoms with E-state index in [4.69, 9.17) is 4.74 Å². The van der Waals surface area contributed by atoms with Crippen LogP contribution in [-0.4, -0.2) is 37.2 Å². The van der Waals surface area contributed by atoms with Crippen LogP contribution in [0.15, 0.2) is 24.4 Å². The number of rotatable bonds is 6. The third-order valence-corrected chi connectivity index (χ3v) is 3.56. The molecule has 2 aromatic rings. The second-order valence-electron chi connectivity index (χ2n) is 5.23. The number of nitrogens with zero attached hydrogens (tertiary/aromatic N) is 2. The summed E-state index contributed by atoms with van der Waals surface area (Å²) in [6, 6.07) is 6.36. The molecule has 2 rings (SSSR count). The zero-order chi connectivity index (χ0) is 13.8. The van der Waals surface area contributed by atoms with E-state index in [0.29, 0.717) is 0 Å². The lowest BCUT2D eigenvalue weighted by Crippen LogP contribution is -2.13. The third kappa shape index (κ3) is 3.10. The molecule has 1 aromatic heterocycles. The Morgan fingerprint density at radius 3 is 2.68 bits per heavy atom. The minimum atomic E-state index is 0.940. The van der Waals surface area contributed by atoms with E-state index in [9.17, 15) is 0 Å². The zero-order valence-electron chi connectivity index (χ0n) is 12.4. The highest BCUT2D eigenvalue weighted by Gasteiger charge is 2.08. The number of hydrogen-bond donors (Lipinski definition) is 0. The number of hydrogen-bond acceptors (Lipinski definition) is 2. The molecule has 0 bridgehead atoms. The van der Waals surface area contributed by atoms with Gasteiger partial charge in [0, 0.05) is 23.6 Å². The van der Waals surface area contributed by atoms with Gasteiger partial charge in [-0.2, -0.15) is 0 Å². The largest absolute Gasteiger partial charge is 0.497 e. The molecule has 0 saturated carbocycles. The highest BCUT2D eigenvalue weighted by Crippen LogP contribution is 2.27. The van der Waals surface area contributed by atoms with Gasteiger partial charge in [0.1, 0.15) is 5.75 Å². The van der Waals surface area contributed by atoms with Gasteiger partial charge in [-0.05, 0) is 64.2 Å². The second-order valence-corrected chi connectivity index (χ2v) is 5.23. The van der Waals surface area contributed by atoms with Crippen molar-refractivity contribution in [2.45, 2.75) is 26.3 Å². The number of methoxy groups -OCH3 is 1. The number of fused-ring (bicyclic) bond motifs is 1. The molecule has 1 heterocycles. The highest BCUT2D eigenvalue weighted by atomic mass is 16.5. The third-order valence-electron chi connectivity index (χ3n) is 3.56. The van der Waals surface area contributed by atoms with Crippen LogP contribution in [0.25, 0.3) is 10.9 Å². The molecular formula is C16H24N2O. The van der Waals surface area contributed by atoms with E-state index in [-0.39, 0.29) is 0 Å². The van der Waals surface area contributed by atoms with Crippen molar-refractivity contribution in [3.8, 4) is 5.75 Å². The summed E-state index contributed by atoms with van der Waals surface area (Å²) in [7, 11) is 5.97. The van der Waals surface area contributed by atoms with Gasteiger partial charge >= 0.3 is 0 Å². The lowest BCUT2D eigenvalue weighted by atomic mass is 10.1. The Balaban J connectivity index is 2.30. The van der Waals surface area contributed by atoms with E-state index >= 15 is 0 Å². The van der Waals surface area contributed by atoms with Gasteiger partial charge in [0.2, 0.25) is 0 Å². The van der Waals surface area contributed by atoms with Crippen LogP contribution in [0.3, 0.4) is 0 Å². The Bertz CT molecular complexity index is 543. The highest BCUT2D eigenvalue weighted by molar-refractivity contribution is 5.85. The first-order chi connectivity index (χ1) is 9.15. The van der Waals surface area contributed by atoms with Gasteiger partial charge in [0.05, 0.1) is 7.11 Å². The maximum absolute atomic E-state index is 5.35. The molecule has 1 aromatic carbocycles. The van der Waals surface area contributed by atoms with Crippen molar-refractivity contribution in [1.82, 2.24) is 9.47 Å². The number of aryl methyl sites for hydroxylation is 2. The van der Waals surface area contributed by atoms with E-state index in [1.54, 1.807) is 7.11 Å². The topological polar surface area (TPSA) is 17.4 Å². The Morgan fingerprint density at radius 1 is 1.26 bits per heavy atom. The average molecular weight is 260 g/mol. The van der Waals surface area contributed by atoms with Gasteiger partial charge in [-0.3, -0.25) is 0 Å². The van der Waals surface area contributed by atoms with E-state index in [2.05, 4.69) is 48.8 Å². The summed E-state index contributed by atoms with van der Waals surface area (Å²) in [6.45, 7) is 4.33. The number of aromatic nitrogens is 1. The molecule has 19 heavy (non-hydrogen) atoms. The minimum absolute atomic E-state index is 0.940. The molecule has 0 unspecified atom stereocenters. The fraction of sp³-hybridized carbons (Fsp3) is 0.500. The van der Waals surface area contributed by atoms with Crippen molar-refractivity contribution in [2.24, 2.45) is 0 Å². The summed E-state index contributed by atoms with van der Waals surface area (Å²) in [4.78, 5) is 2.24. The average Bonchev–Trinajstić information content (AvgIpc) is 2.76. The zero-order valence-corrected chi connectivity index (χ0v) is 12.4. The SMILES string of the molecule is CCn1cc(CCCN(C)C)c2cc(OC)ccc21. The molecule has 0 aliphatic rings. The fourth-order valence-corrected chi connectivity index (χ4v) is 2.52. The van der Waals surface area contributed by atoms with Crippen molar-refractivity contribution in [1.29, 1.82) is 0 Å². The van der Waals surface area contributed by atoms with Gasteiger partial charge < -0.3 is 14.2 Å². The Kier molecular flexibility index (Phi) is 4.48. The molecule has 0 aliphatic carbocycles. The van der Waals surface area contributed by atoms with Crippen molar-refractivity contribution in [2.75, 3.05) is 27.7 Å². The molecular weight excluding hydrogens is 236 g/mol. The molecule has 3 nitrogen and oxygen atoms in total. The van der Waals surface area contributed by atoms with E-state index < -0.39 is 0 Å². The predicted octanol–water partition coefficient (Wildman–Crippen LogP) is 3.16. The molecule has 0 aliphatic heterocycles. The summed E-state index contributed by atoms with van der Waals surface area (Å²) in [6.07, 6.45) is 4.60. The number of benzene rings is 1. The Labute approximate surface area is 115 Å². The van der Waals surface area contributed by atoms with Crippen LogP contribution in [-0.2, 0) is 13.0 Å². The lowest BCUT2D eigenvalue weighted by molar-refractivity contribution is 0.400.